The number of hydrogen-bond acceptors (Lipinski definition) is 1. The second kappa shape index (κ2) is 12.5. The van der Waals surface area contributed by atoms with Gasteiger partial charge in [-0.05, 0) is 223 Å². The molecular weight excluding hydrogens is 737 g/mol. The lowest BCUT2D eigenvalue weighted by Crippen LogP contribution is -2.48. The third-order valence-electron chi connectivity index (χ3n) is 18.3. The summed E-state index contributed by atoms with van der Waals surface area (Å²) in [5.74, 6) is 5.70. The minimum atomic E-state index is -0.152. The van der Waals surface area contributed by atoms with Crippen molar-refractivity contribution < 1.29 is 0 Å². The Morgan fingerprint density at radius 1 is 0.426 bits per heavy atom. The summed E-state index contributed by atoms with van der Waals surface area (Å²) in [7, 11) is 0. The van der Waals surface area contributed by atoms with Crippen LogP contribution in [0, 0.1) is 35.5 Å². The molecule has 6 aromatic carbocycles. The molecule has 0 N–H and O–H groups in total. The Bertz CT molecular complexity index is 2730. The van der Waals surface area contributed by atoms with E-state index in [1.54, 1.807) is 11.1 Å². The standard InChI is InChI=1S/C59H58N2/c1-57(2)53-28-48(20-21-49(53)51-30-56-52(29-54(51)57)50-10-6-7-11-55(50)61(56)45-8-4-3-5-9-45)60(46-16-12-43(13-17-46)58-31-37-22-38(32-58)24-39(23-37)33-58)47-18-14-44(15-19-47)59-34-40-25-41(35-59)27-42(26-40)36-59/h3-21,28-30,37-42H,22-27,31-36H2,1-2H3. The second-order valence-corrected chi connectivity index (χ2v) is 22.3. The highest BCUT2D eigenvalue weighted by Gasteiger charge is 2.53. The van der Waals surface area contributed by atoms with Crippen molar-refractivity contribution in [2.24, 2.45) is 35.5 Å². The van der Waals surface area contributed by atoms with Gasteiger partial charge in [0.15, 0.2) is 0 Å². The van der Waals surface area contributed by atoms with E-state index in [-0.39, 0.29) is 5.41 Å². The SMILES string of the molecule is CC1(C)c2cc(N(c3ccc(C45CC6CC(CC(C6)C4)C5)cc3)c3ccc(C45CC6CC(CC(C6)C4)C5)cc3)ccc2-c2cc3c(cc21)c1ccccc1n3-c1ccccc1. The molecule has 0 amide bonds. The smallest absolute Gasteiger partial charge is 0.0547 e. The molecule has 0 radical (unpaired) electrons. The van der Waals surface area contributed by atoms with Crippen LogP contribution in [-0.2, 0) is 16.2 Å². The number of aromatic nitrogens is 1. The summed E-state index contributed by atoms with van der Waals surface area (Å²) in [5, 5.41) is 2.65. The third kappa shape index (κ3) is 5.14. The fourth-order valence-corrected chi connectivity index (χ4v) is 16.5. The van der Waals surface area contributed by atoms with Gasteiger partial charge >= 0.3 is 0 Å². The van der Waals surface area contributed by atoms with Gasteiger partial charge in [-0.2, -0.15) is 0 Å². The highest BCUT2D eigenvalue weighted by molar-refractivity contribution is 6.11. The van der Waals surface area contributed by atoms with Gasteiger partial charge in [0.1, 0.15) is 0 Å². The molecule has 8 saturated carbocycles. The Hall–Kier alpha value is -5.08. The van der Waals surface area contributed by atoms with Crippen LogP contribution < -0.4 is 4.90 Å². The minimum absolute atomic E-state index is 0.152. The van der Waals surface area contributed by atoms with Crippen LogP contribution >= 0.6 is 0 Å². The molecule has 2 nitrogen and oxygen atoms in total. The first-order valence-corrected chi connectivity index (χ1v) is 24.1. The molecule has 0 atom stereocenters. The van der Waals surface area contributed by atoms with Crippen molar-refractivity contribution in [3.8, 4) is 16.8 Å². The van der Waals surface area contributed by atoms with Gasteiger partial charge in [0.25, 0.3) is 0 Å². The number of para-hydroxylation sites is 2. The van der Waals surface area contributed by atoms with E-state index >= 15 is 0 Å². The summed E-state index contributed by atoms with van der Waals surface area (Å²) in [4.78, 5) is 2.58. The van der Waals surface area contributed by atoms with Gasteiger partial charge in [0, 0.05) is 38.9 Å². The lowest BCUT2D eigenvalue weighted by Gasteiger charge is -2.57. The largest absolute Gasteiger partial charge is 0.310 e. The third-order valence-corrected chi connectivity index (χ3v) is 18.3. The molecule has 9 aliphatic carbocycles. The predicted octanol–water partition coefficient (Wildman–Crippen LogP) is 15.5. The molecule has 9 aliphatic rings. The summed E-state index contributed by atoms with van der Waals surface area (Å²) in [6, 6.07) is 52.4. The molecule has 0 aliphatic heterocycles. The zero-order valence-electron chi connectivity index (χ0n) is 36.0. The summed E-state index contributed by atoms with van der Waals surface area (Å²) < 4.78 is 2.46. The van der Waals surface area contributed by atoms with E-state index in [4.69, 9.17) is 0 Å². The van der Waals surface area contributed by atoms with Gasteiger partial charge in [-0.1, -0.05) is 80.6 Å². The Kier molecular flexibility index (Phi) is 7.29. The van der Waals surface area contributed by atoms with Crippen molar-refractivity contribution in [3.63, 3.8) is 0 Å². The van der Waals surface area contributed by atoms with Gasteiger partial charge in [-0.3, -0.25) is 0 Å². The molecule has 16 rings (SSSR count). The summed E-state index contributed by atoms with van der Waals surface area (Å²) in [6.07, 6.45) is 17.4. The van der Waals surface area contributed by atoms with E-state index in [0.29, 0.717) is 10.8 Å². The first kappa shape index (κ1) is 35.5. The first-order chi connectivity index (χ1) is 29.8. The summed E-state index contributed by atoms with van der Waals surface area (Å²) in [6.45, 7) is 4.91. The average Bonchev–Trinajstić information content (AvgIpc) is 3.70. The Balaban J connectivity index is 0.888. The normalized spacial score (nSPS) is 30.9. The first-order valence-electron chi connectivity index (χ1n) is 24.1. The summed E-state index contributed by atoms with van der Waals surface area (Å²) in [5.41, 5.74) is 17.0. The van der Waals surface area contributed by atoms with Crippen LogP contribution in [0.3, 0.4) is 0 Å². The second-order valence-electron chi connectivity index (χ2n) is 22.3. The molecule has 1 aromatic heterocycles. The number of nitrogens with zero attached hydrogens (tertiary/aromatic N) is 2. The lowest BCUT2D eigenvalue weighted by molar-refractivity contribution is -0.00529. The summed E-state index contributed by atoms with van der Waals surface area (Å²) >= 11 is 0. The van der Waals surface area contributed by atoms with Crippen LogP contribution in [-0.4, -0.2) is 4.57 Å². The molecule has 0 unspecified atom stereocenters. The van der Waals surface area contributed by atoms with E-state index in [9.17, 15) is 0 Å². The van der Waals surface area contributed by atoms with Crippen molar-refractivity contribution in [1.82, 2.24) is 4.57 Å². The monoisotopic (exact) mass is 794 g/mol. The number of anilines is 3. The lowest BCUT2D eigenvalue weighted by atomic mass is 9.48. The highest BCUT2D eigenvalue weighted by atomic mass is 15.1. The molecule has 0 saturated heterocycles. The Morgan fingerprint density at radius 2 is 0.902 bits per heavy atom. The maximum absolute atomic E-state index is 2.58. The quantitative estimate of drug-likeness (QED) is 0.163. The van der Waals surface area contributed by atoms with Crippen LogP contribution in [0.4, 0.5) is 17.1 Å². The van der Waals surface area contributed by atoms with Gasteiger partial charge in [0.05, 0.1) is 11.0 Å². The molecule has 304 valence electrons. The molecule has 61 heavy (non-hydrogen) atoms. The van der Waals surface area contributed by atoms with Crippen LogP contribution in [0.1, 0.15) is 113 Å². The number of rotatable bonds is 6. The van der Waals surface area contributed by atoms with Crippen molar-refractivity contribution >= 4 is 38.9 Å². The van der Waals surface area contributed by atoms with Crippen LogP contribution in [0.5, 0.6) is 0 Å². The zero-order valence-corrected chi connectivity index (χ0v) is 36.0. The topological polar surface area (TPSA) is 8.17 Å². The van der Waals surface area contributed by atoms with Gasteiger partial charge in [-0.25, -0.2) is 0 Å². The van der Waals surface area contributed by atoms with E-state index in [1.807, 2.05) is 0 Å². The van der Waals surface area contributed by atoms with Crippen molar-refractivity contribution in [1.29, 1.82) is 0 Å². The number of hydrogen-bond donors (Lipinski definition) is 0. The Morgan fingerprint density at radius 3 is 1.44 bits per heavy atom. The molecule has 8 bridgehead atoms. The molecule has 8 fully saturated rings. The average molecular weight is 795 g/mol. The fourth-order valence-electron chi connectivity index (χ4n) is 16.5. The number of benzene rings is 6. The van der Waals surface area contributed by atoms with E-state index in [0.717, 1.165) is 35.5 Å². The van der Waals surface area contributed by atoms with Gasteiger partial charge < -0.3 is 9.47 Å². The maximum Gasteiger partial charge on any atom is 0.0547 e. The molecule has 7 aromatic rings. The minimum Gasteiger partial charge on any atom is -0.310 e. The van der Waals surface area contributed by atoms with Crippen molar-refractivity contribution in [2.75, 3.05) is 4.90 Å². The predicted molar refractivity (Wildman–Crippen MR) is 253 cm³/mol. The van der Waals surface area contributed by atoms with Crippen molar-refractivity contribution in [3.05, 3.63) is 156 Å². The van der Waals surface area contributed by atoms with Gasteiger partial charge in [0.2, 0.25) is 0 Å². The van der Waals surface area contributed by atoms with Crippen LogP contribution in [0.25, 0.3) is 38.6 Å². The highest BCUT2D eigenvalue weighted by Crippen LogP contribution is 2.62. The van der Waals surface area contributed by atoms with Gasteiger partial charge in [-0.15, -0.1) is 0 Å². The van der Waals surface area contributed by atoms with E-state index < -0.39 is 0 Å². The van der Waals surface area contributed by atoms with E-state index in [1.165, 1.54) is 144 Å². The zero-order chi connectivity index (χ0) is 40.2. The maximum atomic E-state index is 2.58. The van der Waals surface area contributed by atoms with Crippen LogP contribution in [0.15, 0.2) is 133 Å². The molecular formula is C59H58N2. The number of fused-ring (bicyclic) bond motifs is 6. The molecule has 0 spiro atoms. The van der Waals surface area contributed by atoms with E-state index in [2.05, 4.69) is 157 Å². The van der Waals surface area contributed by atoms with Crippen molar-refractivity contribution in [2.45, 2.75) is 107 Å². The van der Waals surface area contributed by atoms with Crippen LogP contribution in [0.2, 0.25) is 0 Å². The molecule has 2 heteroatoms. The molecule has 1 heterocycles. The Labute approximate surface area is 362 Å². The fraction of sp³-hybridized carbons (Fsp3) is 0.390.